The molecule has 5 rings (SSSR count). The first kappa shape index (κ1) is 44.9. The average Bonchev–Trinajstić information content (AvgIpc) is 3.60. The Morgan fingerprint density at radius 3 is 2.31 bits per heavy atom. The molecule has 1 fully saturated rings. The number of carbonyl (C=O) groups is 2. The molecule has 0 radical (unpaired) electrons. The molecule has 3 aliphatic rings. The SMILES string of the molecule is C=CCOC[C@H]1c2c3c(c(C)c(OCC=C)c2[C@@H]2OC(C)(C)OC[C@H]2N1C(=O)[C@H](Cc1cc(C)c(OC)c(O[Si](C)(C)C(C)(C)C)c1)NC(=O)OC(C)(C)C)OCO3. The lowest BCUT2D eigenvalue weighted by Gasteiger charge is -2.52. The van der Waals surface area contributed by atoms with E-state index in [9.17, 15) is 4.79 Å². The molecular weight excluding hydrogens is 761 g/mol. The van der Waals surface area contributed by atoms with E-state index in [4.69, 9.17) is 42.3 Å². The molecule has 13 nitrogen and oxygen atoms in total. The Hall–Kier alpha value is -4.24. The monoisotopic (exact) mass is 824 g/mol. The lowest BCUT2D eigenvalue weighted by atomic mass is 9.81. The molecule has 58 heavy (non-hydrogen) atoms. The number of nitrogens with zero attached hydrogens (tertiary/aromatic N) is 1. The second-order valence-electron chi connectivity index (χ2n) is 18.1. The van der Waals surface area contributed by atoms with E-state index in [2.05, 4.69) is 52.3 Å². The van der Waals surface area contributed by atoms with Crippen molar-refractivity contribution in [3.63, 3.8) is 0 Å². The summed E-state index contributed by atoms with van der Waals surface area (Å²) < 4.78 is 56.3. The first-order valence-electron chi connectivity index (χ1n) is 19.9. The quantitative estimate of drug-likeness (QED) is 0.112. The van der Waals surface area contributed by atoms with Crippen LogP contribution in [-0.2, 0) is 30.2 Å². The Balaban J connectivity index is 1.70. The molecule has 3 aliphatic heterocycles. The lowest BCUT2D eigenvalue weighted by Crippen LogP contribution is -2.62. The van der Waals surface area contributed by atoms with Gasteiger partial charge in [-0.15, -0.1) is 6.58 Å². The molecular formula is C44H64N2O11Si. The Kier molecular flexibility index (Phi) is 13.3. The van der Waals surface area contributed by atoms with E-state index in [0.717, 1.165) is 22.3 Å². The van der Waals surface area contributed by atoms with Crippen molar-refractivity contribution in [2.24, 2.45) is 0 Å². The summed E-state index contributed by atoms with van der Waals surface area (Å²) >= 11 is 0. The highest BCUT2D eigenvalue weighted by Crippen LogP contribution is 2.57. The minimum atomic E-state index is -2.33. The highest BCUT2D eigenvalue weighted by atomic mass is 28.4. The maximum absolute atomic E-state index is 15.7. The number of carbonyl (C=O) groups excluding carboxylic acids is 2. The van der Waals surface area contributed by atoms with Gasteiger partial charge in [-0.25, -0.2) is 4.79 Å². The van der Waals surface area contributed by atoms with Gasteiger partial charge in [0.15, 0.2) is 23.0 Å². The van der Waals surface area contributed by atoms with Crippen LogP contribution in [0.15, 0.2) is 37.4 Å². The van der Waals surface area contributed by atoms with E-state index in [0.29, 0.717) is 34.3 Å². The van der Waals surface area contributed by atoms with Crippen molar-refractivity contribution in [1.82, 2.24) is 10.2 Å². The van der Waals surface area contributed by atoms with Gasteiger partial charge in [0.25, 0.3) is 8.32 Å². The Labute approximate surface area is 345 Å². The van der Waals surface area contributed by atoms with Crippen LogP contribution in [0.4, 0.5) is 4.79 Å². The fourth-order valence-corrected chi connectivity index (χ4v) is 8.40. The van der Waals surface area contributed by atoms with Crippen molar-refractivity contribution in [2.45, 2.75) is 129 Å². The molecule has 0 spiro atoms. The number of alkyl carbamates (subject to hydrolysis) is 1. The fraction of sp³-hybridized carbons (Fsp3) is 0.591. The number of hydrogen-bond acceptors (Lipinski definition) is 11. The number of nitrogens with one attached hydrogen (secondary N) is 1. The molecule has 14 heteroatoms. The van der Waals surface area contributed by atoms with Gasteiger partial charge in [0.05, 0.1) is 39.0 Å². The number of hydrogen-bond donors (Lipinski definition) is 1. The number of fused-ring (bicyclic) bond motifs is 5. The summed E-state index contributed by atoms with van der Waals surface area (Å²) in [7, 11) is -0.711. The summed E-state index contributed by atoms with van der Waals surface area (Å²) in [6, 6.07) is 1.27. The van der Waals surface area contributed by atoms with Crippen molar-refractivity contribution < 1.29 is 51.9 Å². The molecule has 0 bridgehead atoms. The molecule has 3 heterocycles. The number of benzene rings is 2. The van der Waals surface area contributed by atoms with E-state index in [1.54, 1.807) is 44.9 Å². The highest BCUT2D eigenvalue weighted by molar-refractivity contribution is 6.74. The molecule has 2 amide bonds. The van der Waals surface area contributed by atoms with Crippen molar-refractivity contribution in [3.05, 3.63) is 65.3 Å². The Morgan fingerprint density at radius 1 is 1.02 bits per heavy atom. The van der Waals surface area contributed by atoms with E-state index >= 15 is 4.79 Å². The predicted molar refractivity (Wildman–Crippen MR) is 224 cm³/mol. The zero-order valence-electron chi connectivity index (χ0n) is 36.7. The van der Waals surface area contributed by atoms with Crippen molar-refractivity contribution >= 4 is 20.3 Å². The molecule has 1 N–H and O–H groups in total. The van der Waals surface area contributed by atoms with Gasteiger partial charge in [-0.1, -0.05) is 45.6 Å². The number of rotatable bonds is 14. The predicted octanol–water partition coefficient (Wildman–Crippen LogP) is 8.40. The van der Waals surface area contributed by atoms with Gasteiger partial charge in [-0.05, 0) is 83.8 Å². The molecule has 320 valence electrons. The smallest absolute Gasteiger partial charge is 0.408 e. The van der Waals surface area contributed by atoms with Gasteiger partial charge in [-0.2, -0.15) is 0 Å². The Morgan fingerprint density at radius 2 is 1.69 bits per heavy atom. The van der Waals surface area contributed by atoms with Gasteiger partial charge in [-0.3, -0.25) is 4.79 Å². The minimum Gasteiger partial charge on any atom is -0.541 e. The van der Waals surface area contributed by atoms with Crippen LogP contribution >= 0.6 is 0 Å². The number of ether oxygens (including phenoxy) is 8. The van der Waals surface area contributed by atoms with Crippen molar-refractivity contribution in [1.29, 1.82) is 0 Å². The molecule has 2 aromatic rings. The lowest BCUT2D eigenvalue weighted by molar-refractivity contribution is -0.301. The third-order valence-corrected chi connectivity index (χ3v) is 15.3. The van der Waals surface area contributed by atoms with E-state index in [1.807, 2.05) is 39.8 Å². The van der Waals surface area contributed by atoms with Crippen LogP contribution < -0.4 is 28.7 Å². The largest absolute Gasteiger partial charge is 0.541 e. The first-order valence-corrected chi connectivity index (χ1v) is 22.8. The zero-order chi connectivity index (χ0) is 43.0. The number of aryl methyl sites for hydroxylation is 1. The molecule has 0 unspecified atom stereocenters. The number of methoxy groups -OCH3 is 1. The van der Waals surface area contributed by atoms with Crippen LogP contribution in [0, 0.1) is 13.8 Å². The zero-order valence-corrected chi connectivity index (χ0v) is 37.7. The van der Waals surface area contributed by atoms with Crippen LogP contribution in [0.2, 0.25) is 18.1 Å². The maximum atomic E-state index is 15.7. The number of amides is 2. The topological polar surface area (TPSA) is 132 Å². The second-order valence-corrected chi connectivity index (χ2v) is 22.8. The summed E-state index contributed by atoms with van der Waals surface area (Å²) in [4.78, 5) is 31.1. The normalized spacial score (nSPS) is 20.3. The first-order chi connectivity index (χ1) is 27.0. The van der Waals surface area contributed by atoms with Crippen LogP contribution in [0.25, 0.3) is 0 Å². The molecule has 0 aliphatic carbocycles. The minimum absolute atomic E-state index is 0.0236. The van der Waals surface area contributed by atoms with E-state index < -0.39 is 55.9 Å². The molecule has 1 saturated heterocycles. The van der Waals surface area contributed by atoms with E-state index in [1.165, 1.54) is 0 Å². The standard InChI is InChI=1S/C44H64N2O11Si/c1-16-18-50-23-30-33-34(36(51-19-17-2)27(4)37-39(33)53-25-52-37)38-31(24-54-44(11,12)55-38)46(30)40(47)29(45-41(48)56-42(5,6)7)21-28-20-26(3)35(49-13)32(22-28)57-58(14,15)43(8,9)10/h16-17,20,22,29-31,38H,1-2,18-19,21,23-25H2,3-15H3,(H,45,48)/t29-,30-,31+,38+/m0/s1. The molecule has 2 aromatic carbocycles. The van der Waals surface area contributed by atoms with Crippen LogP contribution in [0.3, 0.4) is 0 Å². The summed E-state index contributed by atoms with van der Waals surface area (Å²) in [6.45, 7) is 32.0. The summed E-state index contributed by atoms with van der Waals surface area (Å²) in [5.41, 5.74) is 2.83. The van der Waals surface area contributed by atoms with Gasteiger partial charge < -0.3 is 52.5 Å². The average molecular weight is 825 g/mol. The summed E-state index contributed by atoms with van der Waals surface area (Å²) in [5.74, 6) is 1.31. The van der Waals surface area contributed by atoms with Crippen molar-refractivity contribution in [2.75, 3.05) is 40.3 Å². The van der Waals surface area contributed by atoms with E-state index in [-0.39, 0.29) is 44.7 Å². The van der Waals surface area contributed by atoms with Crippen LogP contribution in [0.1, 0.15) is 95.4 Å². The second kappa shape index (κ2) is 17.2. The van der Waals surface area contributed by atoms with Gasteiger partial charge in [0.2, 0.25) is 12.7 Å². The summed E-state index contributed by atoms with van der Waals surface area (Å²) in [5, 5.41) is 2.85. The van der Waals surface area contributed by atoms with Gasteiger partial charge in [0, 0.05) is 23.1 Å². The van der Waals surface area contributed by atoms with Crippen LogP contribution in [-0.4, -0.2) is 89.0 Å². The molecule has 0 aromatic heterocycles. The third-order valence-electron chi connectivity index (χ3n) is 11.0. The molecule has 0 saturated carbocycles. The highest BCUT2D eigenvalue weighted by Gasteiger charge is 2.54. The molecule has 4 atom stereocenters. The van der Waals surface area contributed by atoms with Crippen molar-refractivity contribution in [3.8, 4) is 28.7 Å². The Bertz CT molecular complexity index is 1880. The van der Waals surface area contributed by atoms with Gasteiger partial charge in [0.1, 0.15) is 35.9 Å². The van der Waals surface area contributed by atoms with Gasteiger partial charge >= 0.3 is 6.09 Å². The fourth-order valence-electron chi connectivity index (χ4n) is 7.39. The maximum Gasteiger partial charge on any atom is 0.408 e. The van der Waals surface area contributed by atoms with Crippen LogP contribution in [0.5, 0.6) is 28.7 Å². The summed E-state index contributed by atoms with van der Waals surface area (Å²) in [6.07, 6.45) is 1.93. The third kappa shape index (κ3) is 9.45.